The SMILES string of the molecule is CC(=O)Nc1ccc(NC(=O)[C@@H](C)OC(=O)COc2c(C)cc(C)cc2C)cc1. The molecule has 0 bridgehead atoms. The first-order valence-corrected chi connectivity index (χ1v) is 9.24. The highest BCUT2D eigenvalue weighted by molar-refractivity contribution is 5.95. The Kier molecular flexibility index (Phi) is 7.36. The molecule has 2 rings (SSSR count). The van der Waals surface area contributed by atoms with Crippen LogP contribution in [0.25, 0.3) is 0 Å². The van der Waals surface area contributed by atoms with Crippen molar-refractivity contribution in [1.82, 2.24) is 0 Å². The van der Waals surface area contributed by atoms with Crippen molar-refractivity contribution in [2.24, 2.45) is 0 Å². The number of carbonyl (C=O) groups is 3. The lowest BCUT2D eigenvalue weighted by Gasteiger charge is -2.16. The number of hydrogen-bond acceptors (Lipinski definition) is 5. The highest BCUT2D eigenvalue weighted by atomic mass is 16.6. The molecule has 7 nitrogen and oxygen atoms in total. The van der Waals surface area contributed by atoms with Crippen LogP contribution in [0.1, 0.15) is 30.5 Å². The van der Waals surface area contributed by atoms with Crippen molar-refractivity contribution in [2.45, 2.75) is 40.7 Å². The number of nitrogens with one attached hydrogen (secondary N) is 2. The summed E-state index contributed by atoms with van der Waals surface area (Å²) in [7, 11) is 0. The highest BCUT2D eigenvalue weighted by Crippen LogP contribution is 2.24. The Labute approximate surface area is 170 Å². The lowest BCUT2D eigenvalue weighted by molar-refractivity contribution is -0.155. The number of amides is 2. The van der Waals surface area contributed by atoms with Crippen molar-refractivity contribution in [3.63, 3.8) is 0 Å². The molecule has 0 saturated heterocycles. The largest absolute Gasteiger partial charge is 0.481 e. The molecule has 0 fully saturated rings. The number of hydrogen-bond donors (Lipinski definition) is 2. The maximum atomic E-state index is 12.2. The number of anilines is 2. The van der Waals surface area contributed by atoms with E-state index in [1.54, 1.807) is 24.3 Å². The van der Waals surface area contributed by atoms with Gasteiger partial charge in [0.25, 0.3) is 5.91 Å². The zero-order valence-electron chi connectivity index (χ0n) is 17.3. The van der Waals surface area contributed by atoms with Crippen LogP contribution in [0.3, 0.4) is 0 Å². The van der Waals surface area contributed by atoms with E-state index in [9.17, 15) is 14.4 Å². The summed E-state index contributed by atoms with van der Waals surface area (Å²) in [5.74, 6) is -0.633. The van der Waals surface area contributed by atoms with Crippen LogP contribution in [0.4, 0.5) is 11.4 Å². The van der Waals surface area contributed by atoms with Crippen LogP contribution in [-0.2, 0) is 19.1 Å². The molecule has 0 radical (unpaired) electrons. The summed E-state index contributed by atoms with van der Waals surface area (Å²) in [6.45, 7) is 8.43. The molecule has 2 amide bonds. The predicted octanol–water partition coefficient (Wildman–Crippen LogP) is 3.52. The van der Waals surface area contributed by atoms with Crippen molar-refractivity contribution in [1.29, 1.82) is 0 Å². The molecule has 2 aromatic carbocycles. The molecular weight excluding hydrogens is 372 g/mol. The highest BCUT2D eigenvalue weighted by Gasteiger charge is 2.19. The van der Waals surface area contributed by atoms with Crippen LogP contribution >= 0.6 is 0 Å². The van der Waals surface area contributed by atoms with Crippen LogP contribution < -0.4 is 15.4 Å². The smallest absolute Gasteiger partial charge is 0.344 e. The summed E-state index contributed by atoms with van der Waals surface area (Å²) in [5.41, 5.74) is 4.13. The molecule has 0 aliphatic carbocycles. The average Bonchev–Trinajstić information content (AvgIpc) is 2.61. The summed E-state index contributed by atoms with van der Waals surface area (Å²) in [6.07, 6.45) is -0.985. The van der Waals surface area contributed by atoms with Gasteiger partial charge in [-0.1, -0.05) is 17.7 Å². The van der Waals surface area contributed by atoms with Gasteiger partial charge in [-0.25, -0.2) is 4.79 Å². The molecule has 0 unspecified atom stereocenters. The minimum Gasteiger partial charge on any atom is -0.481 e. The second-order valence-electron chi connectivity index (χ2n) is 6.90. The average molecular weight is 398 g/mol. The Morgan fingerprint density at radius 1 is 0.931 bits per heavy atom. The maximum Gasteiger partial charge on any atom is 0.344 e. The van der Waals surface area contributed by atoms with E-state index >= 15 is 0 Å². The van der Waals surface area contributed by atoms with Crippen LogP contribution in [0, 0.1) is 20.8 Å². The fourth-order valence-corrected chi connectivity index (χ4v) is 2.89. The van der Waals surface area contributed by atoms with Crippen molar-refractivity contribution in [3.05, 3.63) is 53.1 Å². The molecule has 0 aliphatic rings. The van der Waals surface area contributed by atoms with Crippen LogP contribution in [-0.4, -0.2) is 30.5 Å². The van der Waals surface area contributed by atoms with E-state index in [-0.39, 0.29) is 12.5 Å². The van der Waals surface area contributed by atoms with E-state index in [1.807, 2.05) is 32.9 Å². The van der Waals surface area contributed by atoms with E-state index in [1.165, 1.54) is 13.8 Å². The molecule has 154 valence electrons. The Balaban J connectivity index is 1.86. The van der Waals surface area contributed by atoms with Gasteiger partial charge >= 0.3 is 5.97 Å². The van der Waals surface area contributed by atoms with Gasteiger partial charge in [0.1, 0.15) is 5.75 Å². The first-order valence-electron chi connectivity index (χ1n) is 9.24. The first-order chi connectivity index (χ1) is 13.7. The molecule has 0 heterocycles. The zero-order chi connectivity index (χ0) is 21.6. The summed E-state index contributed by atoms with van der Waals surface area (Å²) < 4.78 is 10.7. The maximum absolute atomic E-state index is 12.2. The van der Waals surface area contributed by atoms with Crippen LogP contribution in [0.5, 0.6) is 5.75 Å². The second-order valence-corrected chi connectivity index (χ2v) is 6.90. The third-order valence-electron chi connectivity index (χ3n) is 4.09. The Morgan fingerprint density at radius 3 is 1.97 bits per heavy atom. The molecule has 0 aliphatic heterocycles. The van der Waals surface area contributed by atoms with Crippen LogP contribution in [0.2, 0.25) is 0 Å². The van der Waals surface area contributed by atoms with Crippen molar-refractivity contribution in [2.75, 3.05) is 17.2 Å². The predicted molar refractivity (Wildman–Crippen MR) is 111 cm³/mol. The van der Waals surface area contributed by atoms with Crippen molar-refractivity contribution in [3.8, 4) is 5.75 Å². The Bertz CT molecular complexity index is 883. The van der Waals surface area contributed by atoms with E-state index in [4.69, 9.17) is 9.47 Å². The van der Waals surface area contributed by atoms with E-state index in [0.717, 1.165) is 16.7 Å². The second kappa shape index (κ2) is 9.73. The lowest BCUT2D eigenvalue weighted by Crippen LogP contribution is -2.31. The van der Waals surface area contributed by atoms with Crippen molar-refractivity contribution >= 4 is 29.2 Å². The quantitative estimate of drug-likeness (QED) is 0.696. The molecule has 2 N–H and O–H groups in total. The van der Waals surface area contributed by atoms with Gasteiger partial charge in [0.2, 0.25) is 5.91 Å². The number of aryl methyl sites for hydroxylation is 3. The zero-order valence-corrected chi connectivity index (χ0v) is 17.3. The van der Waals surface area contributed by atoms with Crippen LogP contribution in [0.15, 0.2) is 36.4 Å². The molecule has 7 heteroatoms. The summed E-state index contributed by atoms with van der Waals surface area (Å²) in [6, 6.07) is 10.6. The first kappa shape index (κ1) is 21.9. The minimum absolute atomic E-state index is 0.180. The minimum atomic E-state index is -0.985. The number of carbonyl (C=O) groups excluding carboxylic acids is 3. The van der Waals surface area contributed by atoms with Crippen molar-refractivity contribution < 1.29 is 23.9 Å². The number of esters is 1. The molecule has 2 aromatic rings. The standard InChI is InChI=1S/C22H26N2O5/c1-13-10-14(2)21(15(3)11-13)28-12-20(26)29-16(4)22(27)24-19-8-6-18(7-9-19)23-17(5)25/h6-11,16H,12H2,1-5H3,(H,23,25)(H,24,27)/t16-/m1/s1. The lowest BCUT2D eigenvalue weighted by atomic mass is 10.1. The molecule has 1 atom stereocenters. The third-order valence-corrected chi connectivity index (χ3v) is 4.09. The fraction of sp³-hybridized carbons (Fsp3) is 0.318. The Hall–Kier alpha value is -3.35. The van der Waals surface area contributed by atoms with E-state index in [2.05, 4.69) is 10.6 Å². The van der Waals surface area contributed by atoms with Gasteiger partial charge in [-0.3, -0.25) is 9.59 Å². The van der Waals surface area contributed by atoms with E-state index < -0.39 is 18.0 Å². The third kappa shape index (κ3) is 6.64. The fourth-order valence-electron chi connectivity index (χ4n) is 2.89. The van der Waals surface area contributed by atoms with Gasteiger partial charge in [-0.2, -0.15) is 0 Å². The van der Waals surface area contributed by atoms with Gasteiger partial charge in [0, 0.05) is 18.3 Å². The summed E-state index contributed by atoms with van der Waals surface area (Å²) in [4.78, 5) is 35.3. The van der Waals surface area contributed by atoms with Gasteiger partial charge in [0.05, 0.1) is 0 Å². The topological polar surface area (TPSA) is 93.7 Å². The molecular formula is C22H26N2O5. The van der Waals surface area contributed by atoms with Gasteiger partial charge in [-0.15, -0.1) is 0 Å². The number of benzene rings is 2. The number of ether oxygens (including phenoxy) is 2. The number of rotatable bonds is 7. The Morgan fingerprint density at radius 2 is 1.45 bits per heavy atom. The van der Waals surface area contributed by atoms with Gasteiger partial charge in [-0.05, 0) is 63.1 Å². The molecule has 0 spiro atoms. The molecule has 0 aromatic heterocycles. The summed E-state index contributed by atoms with van der Waals surface area (Å²) in [5, 5.41) is 5.29. The molecule has 29 heavy (non-hydrogen) atoms. The van der Waals surface area contributed by atoms with E-state index in [0.29, 0.717) is 17.1 Å². The monoisotopic (exact) mass is 398 g/mol. The van der Waals surface area contributed by atoms with Gasteiger partial charge in [0.15, 0.2) is 12.7 Å². The normalized spacial score (nSPS) is 11.3. The molecule has 0 saturated carbocycles. The summed E-state index contributed by atoms with van der Waals surface area (Å²) >= 11 is 0. The van der Waals surface area contributed by atoms with Gasteiger partial charge < -0.3 is 20.1 Å².